The van der Waals surface area contributed by atoms with Gasteiger partial charge in [-0.25, -0.2) is 0 Å². The molecular weight excluding hydrogens is 462 g/mol. The molecule has 3 aromatic rings. The van der Waals surface area contributed by atoms with Gasteiger partial charge in [0, 0.05) is 11.3 Å². The highest BCUT2D eigenvalue weighted by atomic mass is 16.5. The molecule has 1 unspecified atom stereocenters. The first-order valence-electron chi connectivity index (χ1n) is 13.1. The SMILES string of the molecule is CCCCc1ccc(N2C(=O)C(=O)/C(=C(/O)c3ccc(OC(C)C)cc3)C2c2ccc(CC)cc2)cc1. The molecule has 37 heavy (non-hydrogen) atoms. The van der Waals surface area contributed by atoms with Crippen LogP contribution in [0.3, 0.4) is 0 Å². The van der Waals surface area contributed by atoms with Gasteiger partial charge in [-0.3, -0.25) is 14.5 Å². The summed E-state index contributed by atoms with van der Waals surface area (Å²) in [4.78, 5) is 28.3. The van der Waals surface area contributed by atoms with Gasteiger partial charge in [0.25, 0.3) is 11.7 Å². The van der Waals surface area contributed by atoms with Gasteiger partial charge in [0.15, 0.2) is 0 Å². The summed E-state index contributed by atoms with van der Waals surface area (Å²) >= 11 is 0. The van der Waals surface area contributed by atoms with Gasteiger partial charge in [-0.2, -0.15) is 0 Å². The number of anilines is 1. The van der Waals surface area contributed by atoms with Gasteiger partial charge in [0.1, 0.15) is 11.5 Å². The molecule has 1 N–H and O–H groups in total. The first-order valence-corrected chi connectivity index (χ1v) is 13.1. The highest BCUT2D eigenvalue weighted by Gasteiger charge is 2.46. The van der Waals surface area contributed by atoms with Crippen LogP contribution in [0.5, 0.6) is 5.75 Å². The van der Waals surface area contributed by atoms with Crippen molar-refractivity contribution in [1.29, 1.82) is 0 Å². The summed E-state index contributed by atoms with van der Waals surface area (Å²) in [6.45, 7) is 8.11. The molecule has 4 rings (SSSR count). The molecule has 1 heterocycles. The quantitative estimate of drug-likeness (QED) is 0.196. The van der Waals surface area contributed by atoms with Crippen LogP contribution in [0.25, 0.3) is 5.76 Å². The van der Waals surface area contributed by atoms with Crippen molar-refractivity contribution < 1.29 is 19.4 Å². The van der Waals surface area contributed by atoms with Crippen molar-refractivity contribution in [3.05, 3.63) is 101 Å². The van der Waals surface area contributed by atoms with Gasteiger partial charge in [0.2, 0.25) is 0 Å². The van der Waals surface area contributed by atoms with Crippen LogP contribution in [0.2, 0.25) is 0 Å². The zero-order chi connectivity index (χ0) is 26.5. The van der Waals surface area contributed by atoms with Crippen molar-refractivity contribution in [3.63, 3.8) is 0 Å². The Kier molecular flexibility index (Phi) is 8.12. The summed E-state index contributed by atoms with van der Waals surface area (Å²) in [6, 6.07) is 21.9. The molecule has 0 aliphatic carbocycles. The van der Waals surface area contributed by atoms with Crippen LogP contribution in [0.4, 0.5) is 5.69 Å². The van der Waals surface area contributed by atoms with E-state index in [4.69, 9.17) is 4.74 Å². The van der Waals surface area contributed by atoms with E-state index in [9.17, 15) is 14.7 Å². The van der Waals surface area contributed by atoms with E-state index in [0.29, 0.717) is 17.0 Å². The zero-order valence-corrected chi connectivity index (χ0v) is 22.0. The Balaban J connectivity index is 1.80. The number of benzene rings is 3. The molecule has 0 saturated carbocycles. The lowest BCUT2D eigenvalue weighted by molar-refractivity contribution is -0.132. The van der Waals surface area contributed by atoms with Gasteiger partial charge in [-0.15, -0.1) is 0 Å². The number of hydrogen-bond donors (Lipinski definition) is 1. The standard InChI is InChI=1S/C32H35NO4/c1-5-7-8-23-11-17-26(18-12-23)33-29(24-13-9-22(6-2)10-14-24)28(31(35)32(33)36)30(34)25-15-19-27(20-16-25)37-21(3)4/h9-21,29,34H,5-8H2,1-4H3/b30-28+. The van der Waals surface area contributed by atoms with Gasteiger partial charge >= 0.3 is 0 Å². The lowest BCUT2D eigenvalue weighted by Gasteiger charge is -2.26. The summed E-state index contributed by atoms with van der Waals surface area (Å²) in [5, 5.41) is 11.4. The summed E-state index contributed by atoms with van der Waals surface area (Å²) in [6.07, 6.45) is 4.06. The number of unbranched alkanes of at least 4 members (excludes halogenated alkanes) is 1. The molecule has 0 radical (unpaired) electrons. The number of hydrogen-bond acceptors (Lipinski definition) is 4. The second-order valence-corrected chi connectivity index (χ2v) is 9.73. The fourth-order valence-corrected chi connectivity index (χ4v) is 4.67. The minimum Gasteiger partial charge on any atom is -0.507 e. The second kappa shape index (κ2) is 11.5. The third-order valence-electron chi connectivity index (χ3n) is 6.68. The van der Waals surface area contributed by atoms with Crippen LogP contribution in [0.1, 0.15) is 68.8 Å². The van der Waals surface area contributed by atoms with Crippen molar-refractivity contribution in [2.75, 3.05) is 4.90 Å². The van der Waals surface area contributed by atoms with Crippen molar-refractivity contribution in [3.8, 4) is 5.75 Å². The first kappa shape index (κ1) is 26.2. The molecule has 1 amide bonds. The fourth-order valence-electron chi connectivity index (χ4n) is 4.67. The van der Waals surface area contributed by atoms with E-state index in [1.165, 1.54) is 10.5 Å². The predicted molar refractivity (Wildman–Crippen MR) is 148 cm³/mol. The molecule has 0 spiro atoms. The van der Waals surface area contributed by atoms with Crippen molar-refractivity contribution in [1.82, 2.24) is 0 Å². The smallest absolute Gasteiger partial charge is 0.300 e. The van der Waals surface area contributed by atoms with Crippen LogP contribution in [0, 0.1) is 0 Å². The summed E-state index contributed by atoms with van der Waals surface area (Å²) in [5.74, 6) is -0.866. The number of aliphatic hydroxyl groups excluding tert-OH is 1. The first-order chi connectivity index (χ1) is 17.8. The van der Waals surface area contributed by atoms with Crippen LogP contribution >= 0.6 is 0 Å². The number of aryl methyl sites for hydroxylation is 2. The molecule has 1 atom stereocenters. The summed E-state index contributed by atoms with van der Waals surface area (Å²) in [7, 11) is 0. The van der Waals surface area contributed by atoms with Gasteiger partial charge in [-0.1, -0.05) is 56.7 Å². The van der Waals surface area contributed by atoms with Gasteiger partial charge in [-0.05, 0) is 86.2 Å². The third kappa shape index (κ3) is 5.61. The topological polar surface area (TPSA) is 66.8 Å². The van der Waals surface area contributed by atoms with E-state index in [1.54, 1.807) is 24.3 Å². The summed E-state index contributed by atoms with van der Waals surface area (Å²) in [5.41, 5.74) is 4.29. The maximum atomic E-state index is 13.4. The largest absolute Gasteiger partial charge is 0.507 e. The number of aliphatic hydroxyl groups is 1. The normalized spacial score (nSPS) is 17.0. The molecule has 192 valence electrons. The molecule has 5 heteroatoms. The Hall–Kier alpha value is -3.86. The van der Waals surface area contributed by atoms with Crippen LogP contribution < -0.4 is 9.64 Å². The molecular formula is C32H35NO4. The maximum absolute atomic E-state index is 13.4. The molecule has 1 saturated heterocycles. The number of ketones is 1. The monoisotopic (exact) mass is 497 g/mol. The molecule has 3 aromatic carbocycles. The lowest BCUT2D eigenvalue weighted by atomic mass is 9.94. The van der Waals surface area contributed by atoms with E-state index in [-0.39, 0.29) is 17.4 Å². The molecule has 0 bridgehead atoms. The number of carbonyl (C=O) groups is 2. The Morgan fingerprint density at radius 1 is 0.892 bits per heavy atom. The molecule has 1 aliphatic rings. The van der Waals surface area contributed by atoms with Gasteiger partial charge in [0.05, 0.1) is 17.7 Å². The average Bonchev–Trinajstić information content (AvgIpc) is 3.17. The van der Waals surface area contributed by atoms with Crippen LogP contribution in [-0.4, -0.2) is 22.9 Å². The number of amides is 1. The fraction of sp³-hybridized carbons (Fsp3) is 0.312. The number of carbonyl (C=O) groups excluding carboxylic acids is 2. The average molecular weight is 498 g/mol. The zero-order valence-electron chi connectivity index (χ0n) is 22.0. The minimum absolute atomic E-state index is 0.0178. The molecule has 0 aromatic heterocycles. The molecule has 5 nitrogen and oxygen atoms in total. The highest BCUT2D eigenvalue weighted by Crippen LogP contribution is 2.42. The van der Waals surface area contributed by atoms with Crippen molar-refractivity contribution >= 4 is 23.1 Å². The van der Waals surface area contributed by atoms with Crippen LogP contribution in [-0.2, 0) is 22.4 Å². The third-order valence-corrected chi connectivity index (χ3v) is 6.68. The Morgan fingerprint density at radius 2 is 1.51 bits per heavy atom. The minimum atomic E-state index is -0.737. The number of Topliss-reactive ketones (excluding diaryl/α,β-unsaturated/α-hetero) is 1. The number of rotatable bonds is 9. The second-order valence-electron chi connectivity index (χ2n) is 9.73. The van der Waals surface area contributed by atoms with E-state index in [2.05, 4.69) is 13.8 Å². The maximum Gasteiger partial charge on any atom is 0.300 e. The van der Waals surface area contributed by atoms with Crippen LogP contribution in [0.15, 0.2) is 78.4 Å². The predicted octanol–water partition coefficient (Wildman–Crippen LogP) is 7.01. The van der Waals surface area contributed by atoms with E-state index in [0.717, 1.165) is 36.8 Å². The molecule has 1 fully saturated rings. The highest BCUT2D eigenvalue weighted by molar-refractivity contribution is 6.51. The number of ether oxygens (including phenoxy) is 1. The Bertz CT molecular complexity index is 1270. The van der Waals surface area contributed by atoms with Crippen molar-refractivity contribution in [2.24, 2.45) is 0 Å². The van der Waals surface area contributed by atoms with Crippen molar-refractivity contribution in [2.45, 2.75) is 65.5 Å². The van der Waals surface area contributed by atoms with E-state index >= 15 is 0 Å². The van der Waals surface area contributed by atoms with E-state index in [1.807, 2.05) is 62.4 Å². The molecule has 1 aliphatic heterocycles. The Morgan fingerprint density at radius 3 is 2.08 bits per heavy atom. The lowest BCUT2D eigenvalue weighted by Crippen LogP contribution is -2.29. The number of nitrogens with zero attached hydrogens (tertiary/aromatic N) is 1. The Labute approximate surface area is 219 Å². The summed E-state index contributed by atoms with van der Waals surface area (Å²) < 4.78 is 5.71. The van der Waals surface area contributed by atoms with Gasteiger partial charge < -0.3 is 9.84 Å². The van der Waals surface area contributed by atoms with E-state index < -0.39 is 17.7 Å².